The standard InChI is InChI=1S/C13H14F3N3/c1-3-9-8-10(4-2)19(18-9)12-11(13(14,15)16)6-5-7-17-12/h5-8H,3-4H2,1-2H3. The molecule has 0 aromatic carbocycles. The third-order valence-corrected chi connectivity index (χ3v) is 2.85. The van der Waals surface area contributed by atoms with Crippen molar-refractivity contribution in [3.63, 3.8) is 0 Å². The zero-order valence-electron chi connectivity index (χ0n) is 10.7. The normalized spacial score (nSPS) is 11.8. The lowest BCUT2D eigenvalue weighted by Crippen LogP contribution is -2.14. The van der Waals surface area contributed by atoms with Crippen molar-refractivity contribution in [3.05, 3.63) is 41.3 Å². The highest BCUT2D eigenvalue weighted by Gasteiger charge is 2.35. The minimum absolute atomic E-state index is 0.161. The van der Waals surface area contributed by atoms with Gasteiger partial charge in [-0.15, -0.1) is 0 Å². The second kappa shape index (κ2) is 5.03. The van der Waals surface area contributed by atoms with E-state index >= 15 is 0 Å². The van der Waals surface area contributed by atoms with E-state index in [-0.39, 0.29) is 5.82 Å². The van der Waals surface area contributed by atoms with E-state index in [0.29, 0.717) is 12.8 Å². The van der Waals surface area contributed by atoms with Gasteiger partial charge in [0.2, 0.25) is 0 Å². The van der Waals surface area contributed by atoms with Crippen molar-refractivity contribution in [1.82, 2.24) is 14.8 Å². The minimum atomic E-state index is -4.44. The first-order valence-corrected chi connectivity index (χ1v) is 6.07. The number of nitrogens with zero attached hydrogens (tertiary/aromatic N) is 3. The molecule has 0 radical (unpaired) electrons. The summed E-state index contributed by atoms with van der Waals surface area (Å²) in [6.45, 7) is 3.79. The molecule has 2 heterocycles. The van der Waals surface area contributed by atoms with Gasteiger partial charge in [-0.2, -0.15) is 18.3 Å². The summed E-state index contributed by atoms with van der Waals surface area (Å²) in [6.07, 6.45) is -1.82. The van der Waals surface area contributed by atoms with Crippen molar-refractivity contribution in [2.24, 2.45) is 0 Å². The second-order valence-electron chi connectivity index (χ2n) is 4.12. The number of hydrogen-bond donors (Lipinski definition) is 0. The number of pyridine rings is 1. The molecule has 2 rings (SSSR count). The van der Waals surface area contributed by atoms with Gasteiger partial charge in [0.15, 0.2) is 5.82 Å². The predicted octanol–water partition coefficient (Wildman–Crippen LogP) is 3.41. The highest BCUT2D eigenvalue weighted by atomic mass is 19.4. The van der Waals surface area contributed by atoms with E-state index in [1.54, 1.807) is 0 Å². The van der Waals surface area contributed by atoms with Gasteiger partial charge in [0.05, 0.1) is 5.69 Å². The summed E-state index contributed by atoms with van der Waals surface area (Å²) in [5.41, 5.74) is 0.715. The lowest BCUT2D eigenvalue weighted by molar-refractivity contribution is -0.137. The van der Waals surface area contributed by atoms with Crippen LogP contribution in [0.5, 0.6) is 0 Å². The van der Waals surface area contributed by atoms with Gasteiger partial charge in [0, 0.05) is 11.9 Å². The molecule has 0 N–H and O–H groups in total. The second-order valence-corrected chi connectivity index (χ2v) is 4.12. The molecule has 0 fully saturated rings. The number of alkyl halides is 3. The minimum Gasteiger partial charge on any atom is -0.237 e. The van der Waals surface area contributed by atoms with Gasteiger partial charge in [-0.05, 0) is 31.0 Å². The monoisotopic (exact) mass is 269 g/mol. The number of hydrogen-bond acceptors (Lipinski definition) is 2. The van der Waals surface area contributed by atoms with E-state index < -0.39 is 11.7 Å². The number of halogens is 3. The molecule has 3 nitrogen and oxygen atoms in total. The largest absolute Gasteiger partial charge is 0.420 e. The van der Waals surface area contributed by atoms with Crippen LogP contribution in [0.2, 0.25) is 0 Å². The average Bonchev–Trinajstić information content (AvgIpc) is 2.81. The summed E-state index contributed by atoms with van der Waals surface area (Å²) in [4.78, 5) is 3.85. The summed E-state index contributed by atoms with van der Waals surface area (Å²) >= 11 is 0. The van der Waals surface area contributed by atoms with E-state index in [0.717, 1.165) is 17.5 Å². The van der Waals surface area contributed by atoms with Crippen LogP contribution in [0, 0.1) is 0 Å². The zero-order chi connectivity index (χ0) is 14.0. The first-order valence-electron chi connectivity index (χ1n) is 6.07. The van der Waals surface area contributed by atoms with Crippen LogP contribution in [0.3, 0.4) is 0 Å². The smallest absolute Gasteiger partial charge is 0.237 e. The molecule has 0 aliphatic heterocycles. The van der Waals surface area contributed by atoms with Crippen LogP contribution < -0.4 is 0 Å². The summed E-state index contributed by atoms with van der Waals surface area (Å²) in [5.74, 6) is -0.161. The highest BCUT2D eigenvalue weighted by molar-refractivity contribution is 5.37. The van der Waals surface area contributed by atoms with Gasteiger partial charge < -0.3 is 0 Å². The van der Waals surface area contributed by atoms with E-state index in [2.05, 4.69) is 10.1 Å². The van der Waals surface area contributed by atoms with Gasteiger partial charge in [0.25, 0.3) is 0 Å². The number of aromatic nitrogens is 3. The molecular formula is C13H14F3N3. The molecule has 0 amide bonds. The van der Waals surface area contributed by atoms with Gasteiger partial charge >= 0.3 is 6.18 Å². The average molecular weight is 269 g/mol. The van der Waals surface area contributed by atoms with Crippen molar-refractivity contribution in [1.29, 1.82) is 0 Å². The summed E-state index contributed by atoms with van der Waals surface area (Å²) in [7, 11) is 0. The Morgan fingerprint density at radius 3 is 2.53 bits per heavy atom. The molecule has 2 aromatic rings. The molecule has 0 atom stereocenters. The Morgan fingerprint density at radius 2 is 1.95 bits per heavy atom. The van der Waals surface area contributed by atoms with Crippen molar-refractivity contribution in [2.75, 3.05) is 0 Å². The van der Waals surface area contributed by atoms with E-state index in [1.165, 1.54) is 16.9 Å². The molecule has 0 spiro atoms. The fourth-order valence-corrected chi connectivity index (χ4v) is 1.87. The lowest BCUT2D eigenvalue weighted by atomic mass is 10.2. The van der Waals surface area contributed by atoms with E-state index in [9.17, 15) is 13.2 Å². The third kappa shape index (κ3) is 2.62. The van der Waals surface area contributed by atoms with Crippen LogP contribution in [0.4, 0.5) is 13.2 Å². The summed E-state index contributed by atoms with van der Waals surface area (Å²) < 4.78 is 40.2. The fourth-order valence-electron chi connectivity index (χ4n) is 1.87. The van der Waals surface area contributed by atoms with Gasteiger partial charge in [-0.25, -0.2) is 9.67 Å². The van der Waals surface area contributed by atoms with E-state index in [4.69, 9.17) is 0 Å². The molecule has 0 bridgehead atoms. The Bertz CT molecular complexity index is 573. The highest BCUT2D eigenvalue weighted by Crippen LogP contribution is 2.33. The summed E-state index contributed by atoms with van der Waals surface area (Å²) in [5, 5.41) is 4.20. The Balaban J connectivity index is 2.62. The van der Waals surface area contributed by atoms with Crippen LogP contribution in [-0.4, -0.2) is 14.8 Å². The first-order chi connectivity index (χ1) is 8.97. The van der Waals surface area contributed by atoms with Crippen LogP contribution >= 0.6 is 0 Å². The molecule has 0 unspecified atom stereocenters. The first kappa shape index (κ1) is 13.6. The zero-order valence-corrected chi connectivity index (χ0v) is 10.7. The quantitative estimate of drug-likeness (QED) is 0.854. The molecule has 6 heteroatoms. The maximum Gasteiger partial charge on any atom is 0.420 e. The Labute approximate surface area is 109 Å². The van der Waals surface area contributed by atoms with Gasteiger partial charge in [-0.3, -0.25) is 0 Å². The molecule has 19 heavy (non-hydrogen) atoms. The van der Waals surface area contributed by atoms with Crippen molar-refractivity contribution >= 4 is 0 Å². The SMILES string of the molecule is CCc1cc(CC)n(-c2ncccc2C(F)(F)F)n1. The van der Waals surface area contributed by atoms with Gasteiger partial charge in [0.1, 0.15) is 5.56 Å². The molecular weight excluding hydrogens is 255 g/mol. The van der Waals surface area contributed by atoms with Crippen LogP contribution in [0.1, 0.15) is 30.8 Å². The Morgan fingerprint density at radius 1 is 1.21 bits per heavy atom. The van der Waals surface area contributed by atoms with Crippen LogP contribution in [0.15, 0.2) is 24.4 Å². The predicted molar refractivity (Wildman–Crippen MR) is 65.1 cm³/mol. The molecule has 0 aliphatic carbocycles. The molecule has 0 saturated heterocycles. The third-order valence-electron chi connectivity index (χ3n) is 2.85. The number of rotatable bonds is 3. The summed E-state index contributed by atoms with van der Waals surface area (Å²) in [6, 6.07) is 4.12. The van der Waals surface area contributed by atoms with Crippen molar-refractivity contribution < 1.29 is 13.2 Å². The molecule has 0 aliphatic rings. The maximum atomic E-state index is 13.0. The maximum absolute atomic E-state index is 13.0. The Hall–Kier alpha value is -1.85. The molecule has 102 valence electrons. The topological polar surface area (TPSA) is 30.7 Å². The lowest BCUT2D eigenvalue weighted by Gasteiger charge is -2.12. The fraction of sp³-hybridized carbons (Fsp3) is 0.385. The van der Waals surface area contributed by atoms with Gasteiger partial charge in [-0.1, -0.05) is 13.8 Å². The van der Waals surface area contributed by atoms with Crippen LogP contribution in [0.25, 0.3) is 5.82 Å². The number of aryl methyl sites for hydroxylation is 2. The molecule has 2 aromatic heterocycles. The molecule has 0 saturated carbocycles. The van der Waals surface area contributed by atoms with E-state index in [1.807, 2.05) is 19.9 Å². The van der Waals surface area contributed by atoms with Crippen molar-refractivity contribution in [3.8, 4) is 5.82 Å². The van der Waals surface area contributed by atoms with Crippen LogP contribution in [-0.2, 0) is 19.0 Å². The van der Waals surface area contributed by atoms with Crippen molar-refractivity contribution in [2.45, 2.75) is 32.9 Å². The Kier molecular flexibility index (Phi) is 3.59.